The topological polar surface area (TPSA) is 221 Å². The molecule has 4 aromatic rings. The van der Waals surface area contributed by atoms with E-state index in [4.69, 9.17) is 45.4 Å². The minimum absolute atomic E-state index is 0.0571. The number of nitrogens with one attached hydrogen (secondary N) is 3. The number of rotatable bonds is 12. The average molecular weight is 809 g/mol. The summed E-state index contributed by atoms with van der Waals surface area (Å²) in [6, 6.07) is 16.9. The number of aliphatic carboxylic acids is 2. The standard InChI is InChI=1S/C29H33FN6O4S.2C2HF3O2/c1-5-39-23-14-25(28(30)26(15-23)40-18(2)3)36(22-11-9-19(10-12-22)29(31)32)17-27-33-16-24(34-27)20-7-6-8-21(13-20)35-41(4,37)38;2*3-2(4,5)1(6)7/h6-16,18,35H,5,17H2,1-4H3,(H3,31,32)(H,33,34);2*(H,6,7). The number of aromatic amines is 1. The molecule has 0 aliphatic rings. The highest BCUT2D eigenvalue weighted by Crippen LogP contribution is 2.38. The molecule has 14 nitrogen and oxygen atoms in total. The first-order valence-electron chi connectivity index (χ1n) is 15.4. The lowest BCUT2D eigenvalue weighted by Gasteiger charge is -2.26. The lowest BCUT2D eigenvalue weighted by atomic mass is 10.1. The first-order valence-corrected chi connectivity index (χ1v) is 17.3. The Hall–Kier alpha value is -6.06. The number of nitrogens with two attached hydrogens (primary N) is 1. The summed E-state index contributed by atoms with van der Waals surface area (Å²) < 4.78 is 117. The Morgan fingerprint density at radius 1 is 1.00 bits per heavy atom. The maximum absolute atomic E-state index is 16.0. The molecule has 0 saturated heterocycles. The summed E-state index contributed by atoms with van der Waals surface area (Å²) in [7, 11) is -3.44. The van der Waals surface area contributed by atoms with E-state index < -0.39 is 40.1 Å². The number of amidine groups is 1. The minimum Gasteiger partial charge on any atom is -0.494 e. The van der Waals surface area contributed by atoms with Gasteiger partial charge in [-0.05, 0) is 57.2 Å². The van der Waals surface area contributed by atoms with Gasteiger partial charge in [0.05, 0.1) is 36.9 Å². The van der Waals surface area contributed by atoms with Crippen LogP contribution < -0.4 is 24.8 Å². The number of anilines is 3. The maximum Gasteiger partial charge on any atom is 0.490 e. The van der Waals surface area contributed by atoms with Crippen LogP contribution in [0, 0.1) is 11.2 Å². The van der Waals surface area contributed by atoms with Gasteiger partial charge >= 0.3 is 24.3 Å². The molecular formula is C33H35F7N6O8S. The van der Waals surface area contributed by atoms with Crippen LogP contribution in [0.5, 0.6) is 11.5 Å². The van der Waals surface area contributed by atoms with Gasteiger partial charge in [0.15, 0.2) is 11.6 Å². The Bertz CT molecular complexity index is 2030. The summed E-state index contributed by atoms with van der Waals surface area (Å²) in [6.07, 6.45) is -7.65. The van der Waals surface area contributed by atoms with Gasteiger partial charge in [-0.15, -0.1) is 0 Å². The molecule has 55 heavy (non-hydrogen) atoms. The van der Waals surface area contributed by atoms with Crippen LogP contribution in [0.1, 0.15) is 32.2 Å². The van der Waals surface area contributed by atoms with E-state index >= 15 is 4.39 Å². The van der Waals surface area contributed by atoms with Crippen molar-refractivity contribution in [2.24, 2.45) is 5.73 Å². The molecule has 0 fully saturated rings. The van der Waals surface area contributed by atoms with Gasteiger partial charge in [-0.25, -0.2) is 27.4 Å². The molecule has 0 unspecified atom stereocenters. The summed E-state index contributed by atoms with van der Waals surface area (Å²) in [5, 5.41) is 22.0. The second kappa shape index (κ2) is 18.8. The number of nitrogen functional groups attached to an aromatic ring is 1. The van der Waals surface area contributed by atoms with Crippen LogP contribution in [0.2, 0.25) is 0 Å². The van der Waals surface area contributed by atoms with Crippen molar-refractivity contribution < 1.29 is 68.4 Å². The lowest BCUT2D eigenvalue weighted by molar-refractivity contribution is -0.193. The SMILES string of the molecule is CCOc1cc(OC(C)C)c(F)c(N(Cc2nc(-c3cccc(NS(C)(=O)=O)c3)c[nH]2)c2ccc(C(=N)N)cc2)c1.O=C(O)C(F)(F)F.O=C(O)C(F)(F)F. The highest BCUT2D eigenvalue weighted by atomic mass is 32.2. The molecule has 300 valence electrons. The number of benzene rings is 3. The first-order chi connectivity index (χ1) is 25.3. The maximum atomic E-state index is 16.0. The number of alkyl halides is 6. The van der Waals surface area contributed by atoms with Crippen molar-refractivity contribution in [1.29, 1.82) is 5.41 Å². The second-order valence-electron chi connectivity index (χ2n) is 11.2. The van der Waals surface area contributed by atoms with Crippen LogP contribution in [0.15, 0.2) is 66.9 Å². The molecule has 7 N–H and O–H groups in total. The number of carboxylic acids is 2. The van der Waals surface area contributed by atoms with Crippen molar-refractivity contribution in [3.63, 3.8) is 0 Å². The number of aromatic nitrogens is 2. The summed E-state index contributed by atoms with van der Waals surface area (Å²) in [5.41, 5.74) is 8.69. The summed E-state index contributed by atoms with van der Waals surface area (Å²) in [5.74, 6) is -5.14. The van der Waals surface area contributed by atoms with Gasteiger partial charge in [0.1, 0.15) is 17.4 Å². The van der Waals surface area contributed by atoms with Crippen molar-refractivity contribution in [3.05, 3.63) is 84.1 Å². The van der Waals surface area contributed by atoms with Crippen LogP contribution >= 0.6 is 0 Å². The third kappa shape index (κ3) is 14.7. The van der Waals surface area contributed by atoms with Crippen LogP contribution in [-0.4, -0.2) is 77.7 Å². The van der Waals surface area contributed by atoms with Crippen molar-refractivity contribution >= 4 is 44.9 Å². The number of hydrogen-bond acceptors (Lipinski definition) is 9. The van der Waals surface area contributed by atoms with E-state index in [0.717, 1.165) is 6.26 Å². The molecule has 0 aliphatic carbocycles. The van der Waals surface area contributed by atoms with Crippen molar-refractivity contribution in [1.82, 2.24) is 9.97 Å². The van der Waals surface area contributed by atoms with Crippen LogP contribution in [0.25, 0.3) is 11.3 Å². The molecule has 1 aromatic heterocycles. The van der Waals surface area contributed by atoms with Gasteiger partial charge in [0.2, 0.25) is 10.0 Å². The van der Waals surface area contributed by atoms with Gasteiger partial charge in [0, 0.05) is 40.8 Å². The number of imidazole rings is 1. The van der Waals surface area contributed by atoms with Gasteiger partial charge in [-0.1, -0.05) is 12.1 Å². The predicted octanol–water partition coefficient (Wildman–Crippen LogP) is 6.66. The number of carbonyl (C=O) groups is 2. The zero-order chi connectivity index (χ0) is 41.9. The van der Waals surface area contributed by atoms with Crippen LogP contribution in [0.4, 0.5) is 47.8 Å². The molecular weight excluding hydrogens is 773 g/mol. The van der Waals surface area contributed by atoms with E-state index in [2.05, 4.69) is 9.71 Å². The number of H-pyrrole nitrogens is 1. The summed E-state index contributed by atoms with van der Waals surface area (Å²) in [4.78, 5) is 27.4. The van der Waals surface area contributed by atoms with E-state index in [0.29, 0.717) is 46.4 Å². The molecule has 1 heterocycles. The van der Waals surface area contributed by atoms with Crippen molar-refractivity contribution in [3.8, 4) is 22.8 Å². The van der Waals surface area contributed by atoms with E-state index in [1.165, 1.54) is 6.07 Å². The Balaban J connectivity index is 0.000000633. The van der Waals surface area contributed by atoms with Crippen molar-refractivity contribution in [2.45, 2.75) is 45.8 Å². The number of halogens is 7. The number of sulfonamides is 1. The first kappa shape index (κ1) is 45.1. The molecule has 0 atom stereocenters. The fourth-order valence-electron chi connectivity index (χ4n) is 4.18. The zero-order valence-electron chi connectivity index (χ0n) is 29.2. The van der Waals surface area contributed by atoms with Crippen LogP contribution in [0.3, 0.4) is 0 Å². The molecule has 3 aromatic carbocycles. The number of carboxylic acid groups (broad SMARTS) is 2. The highest BCUT2D eigenvalue weighted by molar-refractivity contribution is 7.92. The molecule has 4 rings (SSSR count). The third-order valence-electron chi connectivity index (χ3n) is 6.33. The van der Waals surface area contributed by atoms with Gasteiger partial charge in [-0.2, -0.15) is 26.3 Å². The summed E-state index contributed by atoms with van der Waals surface area (Å²) in [6.45, 7) is 5.99. The fraction of sp³-hybridized carbons (Fsp3) is 0.273. The molecule has 0 bridgehead atoms. The van der Waals surface area contributed by atoms with Crippen LogP contribution in [-0.2, 0) is 26.2 Å². The fourth-order valence-corrected chi connectivity index (χ4v) is 4.73. The molecule has 0 spiro atoms. The van der Waals surface area contributed by atoms with Gasteiger partial charge in [-0.3, -0.25) is 10.1 Å². The minimum atomic E-state index is -5.08. The third-order valence-corrected chi connectivity index (χ3v) is 6.94. The number of hydrogen-bond donors (Lipinski definition) is 6. The quantitative estimate of drug-likeness (QED) is 0.0505. The predicted molar refractivity (Wildman–Crippen MR) is 187 cm³/mol. The highest BCUT2D eigenvalue weighted by Gasteiger charge is 2.39. The van der Waals surface area contributed by atoms with Gasteiger partial charge in [0.25, 0.3) is 0 Å². The Morgan fingerprint density at radius 2 is 1.56 bits per heavy atom. The molecule has 0 radical (unpaired) electrons. The number of ether oxygens (including phenoxy) is 2. The van der Waals surface area contributed by atoms with Gasteiger partial charge < -0.3 is 35.3 Å². The number of nitrogens with zero attached hydrogens (tertiary/aromatic N) is 2. The molecule has 22 heteroatoms. The van der Waals surface area contributed by atoms with E-state index in [1.807, 2.05) is 26.8 Å². The Kier molecular flexibility index (Phi) is 15.4. The second-order valence-corrected chi connectivity index (χ2v) is 12.9. The zero-order valence-corrected chi connectivity index (χ0v) is 30.0. The smallest absolute Gasteiger partial charge is 0.490 e. The Labute approximate surface area is 309 Å². The normalized spacial score (nSPS) is 11.3. The van der Waals surface area contributed by atoms with Crippen molar-refractivity contribution in [2.75, 3.05) is 22.5 Å². The lowest BCUT2D eigenvalue weighted by Crippen LogP contribution is -2.21. The van der Waals surface area contributed by atoms with E-state index in [-0.39, 0.29) is 29.9 Å². The summed E-state index contributed by atoms with van der Waals surface area (Å²) >= 11 is 0. The molecule has 0 amide bonds. The molecule has 0 aliphatic heterocycles. The van der Waals surface area contributed by atoms with E-state index in [9.17, 15) is 34.8 Å². The van der Waals surface area contributed by atoms with E-state index in [1.54, 1.807) is 59.6 Å². The average Bonchev–Trinajstić information content (AvgIpc) is 3.53. The monoisotopic (exact) mass is 808 g/mol. The molecule has 0 saturated carbocycles. The Morgan fingerprint density at radius 3 is 2.04 bits per heavy atom. The largest absolute Gasteiger partial charge is 0.494 e.